The van der Waals surface area contributed by atoms with Gasteiger partial charge in [0.2, 0.25) is 0 Å². The Labute approximate surface area is 204 Å². The van der Waals surface area contributed by atoms with E-state index in [2.05, 4.69) is 9.97 Å². The van der Waals surface area contributed by atoms with Crippen LogP contribution in [0.5, 0.6) is 0 Å². The van der Waals surface area contributed by atoms with Gasteiger partial charge in [-0.1, -0.05) is 24.3 Å². The maximum atomic E-state index is 5.03. The highest BCUT2D eigenvalue weighted by molar-refractivity contribution is 6.18. The van der Waals surface area contributed by atoms with Crippen LogP contribution in [0.15, 0.2) is 97.3 Å². The van der Waals surface area contributed by atoms with Gasteiger partial charge in [0.1, 0.15) is 0 Å². The zero-order valence-corrected chi connectivity index (χ0v) is 18.9. The number of fused-ring (bicyclic) bond motifs is 8. The first kappa shape index (κ1) is 19.2. The van der Waals surface area contributed by atoms with Gasteiger partial charge in [0, 0.05) is 23.2 Å². The summed E-state index contributed by atoms with van der Waals surface area (Å²) in [6.45, 7) is 0. The molecule has 0 radical (unpaired) electrons. The zero-order chi connectivity index (χ0) is 23.6. The molecule has 0 amide bonds. The summed E-state index contributed by atoms with van der Waals surface area (Å²) in [5.74, 6) is 0. The Hall–Kier alpha value is -5.10. The third kappa shape index (κ3) is 2.72. The van der Waals surface area contributed by atoms with Crippen LogP contribution in [-0.2, 0) is 0 Å². The molecule has 8 aromatic rings. The number of rotatable bonds is 1. The molecule has 4 aromatic heterocycles. The highest BCUT2D eigenvalue weighted by Crippen LogP contribution is 2.38. The third-order valence-electron chi connectivity index (χ3n) is 6.72. The molecule has 36 heavy (non-hydrogen) atoms. The summed E-state index contributed by atoms with van der Waals surface area (Å²) in [5, 5.41) is 1.93. The molecule has 0 saturated heterocycles. The second kappa shape index (κ2) is 7.20. The quantitative estimate of drug-likeness (QED) is 0.202. The Bertz CT molecular complexity index is 2010. The van der Waals surface area contributed by atoms with E-state index in [1.54, 1.807) is 0 Å². The van der Waals surface area contributed by atoms with Crippen molar-refractivity contribution in [2.24, 2.45) is 0 Å². The number of para-hydroxylation sites is 4. The minimum Gasteiger partial charge on any atom is -0.256 e. The van der Waals surface area contributed by atoms with Crippen molar-refractivity contribution in [2.45, 2.75) is 0 Å². The molecule has 0 N–H and O–H groups in total. The molecule has 0 aliphatic carbocycles. The van der Waals surface area contributed by atoms with Crippen LogP contribution in [0.2, 0.25) is 0 Å². The van der Waals surface area contributed by atoms with Gasteiger partial charge in [0.25, 0.3) is 0 Å². The van der Waals surface area contributed by atoms with E-state index in [4.69, 9.17) is 19.9 Å². The largest absolute Gasteiger partial charge is 0.256 e. The molecule has 0 bridgehead atoms. The second-order valence-electron chi connectivity index (χ2n) is 8.80. The van der Waals surface area contributed by atoms with Crippen molar-refractivity contribution in [3.63, 3.8) is 0 Å². The summed E-state index contributed by atoms with van der Waals surface area (Å²) in [5.41, 5.74) is 10.6. The first-order valence-electron chi connectivity index (χ1n) is 11.7. The fraction of sp³-hybridized carbons (Fsp3) is 0. The van der Waals surface area contributed by atoms with Crippen molar-refractivity contribution in [1.82, 2.24) is 29.9 Å². The van der Waals surface area contributed by atoms with Crippen molar-refractivity contribution in [3.05, 3.63) is 97.3 Å². The second-order valence-corrected chi connectivity index (χ2v) is 8.80. The molecule has 6 heteroatoms. The van der Waals surface area contributed by atoms with Crippen molar-refractivity contribution in [1.29, 1.82) is 0 Å². The van der Waals surface area contributed by atoms with Gasteiger partial charge in [-0.15, -0.1) is 0 Å². The summed E-state index contributed by atoms with van der Waals surface area (Å²) in [7, 11) is 0. The maximum Gasteiger partial charge on any atom is 0.0994 e. The smallest absolute Gasteiger partial charge is 0.0994 e. The lowest BCUT2D eigenvalue weighted by atomic mass is 9.96. The summed E-state index contributed by atoms with van der Waals surface area (Å²) < 4.78 is 0. The van der Waals surface area contributed by atoms with E-state index in [1.165, 1.54) is 0 Å². The van der Waals surface area contributed by atoms with E-state index in [-0.39, 0.29) is 0 Å². The predicted molar refractivity (Wildman–Crippen MR) is 144 cm³/mol. The fourth-order valence-corrected chi connectivity index (χ4v) is 5.10. The molecular formula is C30H16N6. The molecule has 166 valence electrons. The Kier molecular flexibility index (Phi) is 3.85. The van der Waals surface area contributed by atoms with Gasteiger partial charge in [-0.25, -0.2) is 19.9 Å². The standard InChI is InChI=1S/C30H16N6/c1-3-7-21-19(5-1)33-25-11-9-23-27(29(25)35-21)17(13-15-31-23)18-14-16-32-24-10-12-26-30(28(18)24)36-22-8-4-2-6-20(22)34-26/h1-16H. The topological polar surface area (TPSA) is 77.3 Å². The monoisotopic (exact) mass is 460 g/mol. The Morgan fingerprint density at radius 1 is 0.333 bits per heavy atom. The minimum atomic E-state index is 0.830. The Morgan fingerprint density at radius 3 is 1.17 bits per heavy atom. The lowest BCUT2D eigenvalue weighted by Crippen LogP contribution is -1.95. The van der Waals surface area contributed by atoms with Gasteiger partial charge in [-0.05, 0) is 71.8 Å². The fourth-order valence-electron chi connectivity index (χ4n) is 5.10. The lowest BCUT2D eigenvalue weighted by molar-refractivity contribution is 1.37. The number of pyridine rings is 2. The van der Waals surface area contributed by atoms with Crippen LogP contribution in [0, 0.1) is 0 Å². The van der Waals surface area contributed by atoms with E-state index in [1.807, 2.05) is 97.3 Å². The summed E-state index contributed by atoms with van der Waals surface area (Å²) in [6, 6.07) is 28.0. The molecule has 8 rings (SSSR count). The number of nitrogens with zero attached hydrogens (tertiary/aromatic N) is 6. The first-order valence-corrected chi connectivity index (χ1v) is 11.7. The van der Waals surface area contributed by atoms with E-state index in [0.29, 0.717) is 0 Å². The molecule has 4 aromatic carbocycles. The molecule has 0 saturated carbocycles. The summed E-state index contributed by atoms with van der Waals surface area (Å²) >= 11 is 0. The molecule has 6 nitrogen and oxygen atoms in total. The molecular weight excluding hydrogens is 444 g/mol. The highest BCUT2D eigenvalue weighted by atomic mass is 14.8. The van der Waals surface area contributed by atoms with Crippen LogP contribution < -0.4 is 0 Å². The van der Waals surface area contributed by atoms with E-state index < -0.39 is 0 Å². The number of hydrogen-bond donors (Lipinski definition) is 0. The van der Waals surface area contributed by atoms with Crippen LogP contribution in [0.1, 0.15) is 0 Å². The number of aromatic nitrogens is 6. The van der Waals surface area contributed by atoms with Crippen LogP contribution in [-0.4, -0.2) is 29.9 Å². The van der Waals surface area contributed by atoms with Gasteiger partial charge in [-0.3, -0.25) is 9.97 Å². The average molecular weight is 461 g/mol. The average Bonchev–Trinajstić information content (AvgIpc) is 2.94. The van der Waals surface area contributed by atoms with Gasteiger partial charge in [-0.2, -0.15) is 0 Å². The lowest BCUT2D eigenvalue weighted by Gasteiger charge is -2.13. The highest BCUT2D eigenvalue weighted by Gasteiger charge is 2.16. The van der Waals surface area contributed by atoms with Crippen LogP contribution in [0.3, 0.4) is 0 Å². The van der Waals surface area contributed by atoms with Crippen LogP contribution >= 0.6 is 0 Å². The van der Waals surface area contributed by atoms with Gasteiger partial charge < -0.3 is 0 Å². The summed E-state index contributed by atoms with van der Waals surface area (Å²) in [4.78, 5) is 29.2. The van der Waals surface area contributed by atoms with Gasteiger partial charge in [0.05, 0.1) is 55.2 Å². The van der Waals surface area contributed by atoms with Crippen molar-refractivity contribution < 1.29 is 0 Å². The number of hydrogen-bond acceptors (Lipinski definition) is 6. The third-order valence-corrected chi connectivity index (χ3v) is 6.72. The first-order chi connectivity index (χ1) is 17.8. The molecule has 0 fully saturated rings. The Balaban J connectivity index is 1.54. The summed E-state index contributed by atoms with van der Waals surface area (Å²) in [6.07, 6.45) is 3.69. The van der Waals surface area contributed by atoms with Gasteiger partial charge in [0.15, 0.2) is 0 Å². The maximum absolute atomic E-state index is 5.03. The molecule has 0 spiro atoms. The SMILES string of the molecule is c1ccc2nc3c(ccc4nccc(-c5ccnc6ccc7nc8ccccc8nc7c56)c43)nc2c1. The molecule has 0 aliphatic rings. The van der Waals surface area contributed by atoms with Crippen molar-refractivity contribution in [3.8, 4) is 11.1 Å². The normalized spacial score (nSPS) is 11.9. The Morgan fingerprint density at radius 2 is 0.722 bits per heavy atom. The van der Waals surface area contributed by atoms with Crippen LogP contribution in [0.4, 0.5) is 0 Å². The predicted octanol–water partition coefficient (Wildman–Crippen LogP) is 6.64. The van der Waals surface area contributed by atoms with Crippen molar-refractivity contribution in [2.75, 3.05) is 0 Å². The minimum absolute atomic E-state index is 0.830. The van der Waals surface area contributed by atoms with E-state index >= 15 is 0 Å². The van der Waals surface area contributed by atoms with Gasteiger partial charge >= 0.3 is 0 Å². The molecule has 0 aliphatic heterocycles. The molecule has 0 unspecified atom stereocenters. The van der Waals surface area contributed by atoms with Crippen molar-refractivity contribution >= 4 is 65.9 Å². The zero-order valence-electron chi connectivity index (χ0n) is 18.9. The molecule has 0 atom stereocenters. The van der Waals surface area contributed by atoms with Crippen LogP contribution in [0.25, 0.3) is 77.1 Å². The van der Waals surface area contributed by atoms with E-state index in [0.717, 1.165) is 77.1 Å². The number of benzene rings is 4. The van der Waals surface area contributed by atoms with E-state index in [9.17, 15) is 0 Å². The molecule has 4 heterocycles.